The lowest BCUT2D eigenvalue weighted by atomic mass is 9.88. The molecule has 0 saturated carbocycles. The molecular weight excluding hydrogens is 318 g/mol. The normalized spacial score (nSPS) is 17.0. The third-order valence-corrected chi connectivity index (χ3v) is 4.97. The molecule has 0 spiro atoms. The highest BCUT2D eigenvalue weighted by molar-refractivity contribution is 5.53. The van der Waals surface area contributed by atoms with Crippen molar-refractivity contribution in [2.24, 2.45) is 0 Å². The molecule has 5 nitrogen and oxygen atoms in total. The molecule has 0 aliphatic carbocycles. The SMILES string of the molecule is COc1ccc(CC2c3c(ccc(OC)c3O)CCN2C)cc1OC. The Morgan fingerprint density at radius 1 is 1.00 bits per heavy atom. The van der Waals surface area contributed by atoms with Gasteiger partial charge in [0, 0.05) is 18.2 Å². The summed E-state index contributed by atoms with van der Waals surface area (Å²) >= 11 is 0. The average Bonchev–Trinajstić information content (AvgIpc) is 2.64. The molecule has 1 aliphatic heterocycles. The highest BCUT2D eigenvalue weighted by Gasteiger charge is 2.29. The summed E-state index contributed by atoms with van der Waals surface area (Å²) in [5, 5.41) is 10.7. The second kappa shape index (κ2) is 7.23. The minimum absolute atomic E-state index is 0.0805. The lowest BCUT2D eigenvalue weighted by molar-refractivity contribution is 0.221. The number of likely N-dealkylation sites (N-methyl/N-ethyl adjacent to an activating group) is 1. The van der Waals surface area contributed by atoms with Crippen LogP contribution in [0.5, 0.6) is 23.0 Å². The van der Waals surface area contributed by atoms with E-state index >= 15 is 0 Å². The molecule has 134 valence electrons. The van der Waals surface area contributed by atoms with Gasteiger partial charge in [0.05, 0.1) is 21.3 Å². The summed E-state index contributed by atoms with van der Waals surface area (Å²) in [7, 11) is 6.94. The van der Waals surface area contributed by atoms with Gasteiger partial charge in [-0.05, 0) is 49.2 Å². The van der Waals surface area contributed by atoms with Gasteiger partial charge >= 0.3 is 0 Å². The second-order valence-electron chi connectivity index (χ2n) is 6.33. The molecule has 0 bridgehead atoms. The number of rotatable bonds is 5. The van der Waals surface area contributed by atoms with Crippen LogP contribution in [0.15, 0.2) is 30.3 Å². The molecule has 0 saturated heterocycles. The van der Waals surface area contributed by atoms with Gasteiger partial charge in [0.15, 0.2) is 23.0 Å². The monoisotopic (exact) mass is 343 g/mol. The summed E-state index contributed by atoms with van der Waals surface area (Å²) in [5.41, 5.74) is 3.27. The van der Waals surface area contributed by atoms with Crippen LogP contribution in [0.4, 0.5) is 0 Å². The zero-order valence-electron chi connectivity index (χ0n) is 15.2. The van der Waals surface area contributed by atoms with E-state index in [4.69, 9.17) is 14.2 Å². The van der Waals surface area contributed by atoms with Crippen molar-refractivity contribution in [3.63, 3.8) is 0 Å². The van der Waals surface area contributed by atoms with Gasteiger partial charge in [-0.3, -0.25) is 4.90 Å². The zero-order chi connectivity index (χ0) is 18.0. The Hall–Kier alpha value is -2.40. The van der Waals surface area contributed by atoms with Gasteiger partial charge in [-0.1, -0.05) is 12.1 Å². The molecule has 1 aliphatic rings. The van der Waals surface area contributed by atoms with Crippen LogP contribution in [0.3, 0.4) is 0 Å². The highest BCUT2D eigenvalue weighted by atomic mass is 16.5. The molecule has 5 heteroatoms. The van der Waals surface area contributed by atoms with Gasteiger partial charge in [-0.15, -0.1) is 0 Å². The van der Waals surface area contributed by atoms with Crippen LogP contribution in [-0.4, -0.2) is 44.9 Å². The Balaban J connectivity index is 1.98. The van der Waals surface area contributed by atoms with Crippen molar-refractivity contribution in [2.75, 3.05) is 34.9 Å². The first kappa shape index (κ1) is 17.4. The predicted octanol–water partition coefficient (Wildman–Crippen LogP) is 3.19. The number of fused-ring (bicyclic) bond motifs is 1. The van der Waals surface area contributed by atoms with E-state index in [9.17, 15) is 5.11 Å². The standard InChI is InChI=1S/C20H25NO4/c1-21-10-9-14-6-8-17(24-3)20(22)19(14)15(21)11-13-5-7-16(23-2)18(12-13)25-4/h5-8,12,15,22H,9-11H2,1-4H3. The van der Waals surface area contributed by atoms with Crippen molar-refractivity contribution < 1.29 is 19.3 Å². The molecule has 0 radical (unpaired) electrons. The van der Waals surface area contributed by atoms with Crippen LogP contribution in [0.25, 0.3) is 0 Å². The zero-order valence-corrected chi connectivity index (χ0v) is 15.2. The van der Waals surface area contributed by atoms with E-state index in [1.165, 1.54) is 5.56 Å². The molecule has 2 aromatic carbocycles. The number of phenols is 1. The van der Waals surface area contributed by atoms with E-state index in [0.717, 1.165) is 30.5 Å². The van der Waals surface area contributed by atoms with E-state index < -0.39 is 0 Å². The minimum atomic E-state index is 0.0805. The molecule has 0 amide bonds. The van der Waals surface area contributed by atoms with Gasteiger partial charge in [-0.2, -0.15) is 0 Å². The Kier molecular flexibility index (Phi) is 5.04. The van der Waals surface area contributed by atoms with Crippen LogP contribution in [0, 0.1) is 0 Å². The number of hydrogen-bond acceptors (Lipinski definition) is 5. The Morgan fingerprint density at radius 3 is 2.36 bits per heavy atom. The topological polar surface area (TPSA) is 51.2 Å². The van der Waals surface area contributed by atoms with E-state index in [1.807, 2.05) is 24.3 Å². The fourth-order valence-corrected chi connectivity index (χ4v) is 3.55. The minimum Gasteiger partial charge on any atom is -0.504 e. The number of phenolic OH excluding ortho intramolecular Hbond substituents is 1. The maximum Gasteiger partial charge on any atom is 0.162 e. The fourth-order valence-electron chi connectivity index (χ4n) is 3.55. The van der Waals surface area contributed by atoms with Crippen LogP contribution in [0.1, 0.15) is 22.7 Å². The maximum atomic E-state index is 10.7. The van der Waals surface area contributed by atoms with Crippen molar-refractivity contribution in [1.82, 2.24) is 4.90 Å². The van der Waals surface area contributed by atoms with E-state index in [2.05, 4.69) is 18.0 Å². The van der Waals surface area contributed by atoms with E-state index in [-0.39, 0.29) is 11.8 Å². The molecule has 2 aromatic rings. The quantitative estimate of drug-likeness (QED) is 0.904. The molecule has 0 aromatic heterocycles. The van der Waals surface area contributed by atoms with Crippen LogP contribution in [-0.2, 0) is 12.8 Å². The van der Waals surface area contributed by atoms with Crippen LogP contribution in [0.2, 0.25) is 0 Å². The summed E-state index contributed by atoms with van der Waals surface area (Å²) in [6, 6.07) is 9.94. The smallest absolute Gasteiger partial charge is 0.162 e. The Labute approximate surface area is 148 Å². The summed E-state index contributed by atoms with van der Waals surface area (Å²) in [4.78, 5) is 2.28. The van der Waals surface area contributed by atoms with Crippen LogP contribution < -0.4 is 14.2 Å². The lowest BCUT2D eigenvalue weighted by Crippen LogP contribution is -2.33. The maximum absolute atomic E-state index is 10.7. The molecule has 1 heterocycles. The summed E-state index contributed by atoms with van der Waals surface area (Å²) in [5.74, 6) is 2.20. The molecule has 0 fully saturated rings. The van der Waals surface area contributed by atoms with Crippen molar-refractivity contribution in [2.45, 2.75) is 18.9 Å². The van der Waals surface area contributed by atoms with Crippen molar-refractivity contribution in [3.05, 3.63) is 47.0 Å². The Morgan fingerprint density at radius 2 is 1.68 bits per heavy atom. The number of aromatic hydroxyl groups is 1. The van der Waals surface area contributed by atoms with Gasteiger partial charge in [-0.25, -0.2) is 0 Å². The molecule has 3 rings (SSSR count). The number of benzene rings is 2. The highest BCUT2D eigenvalue weighted by Crippen LogP contribution is 2.42. The number of hydrogen-bond donors (Lipinski definition) is 1. The second-order valence-corrected chi connectivity index (χ2v) is 6.33. The molecule has 1 unspecified atom stereocenters. The molecule has 1 atom stereocenters. The van der Waals surface area contributed by atoms with Gasteiger partial charge in [0.25, 0.3) is 0 Å². The largest absolute Gasteiger partial charge is 0.504 e. The number of nitrogens with zero attached hydrogens (tertiary/aromatic N) is 1. The third-order valence-electron chi connectivity index (χ3n) is 4.97. The number of methoxy groups -OCH3 is 3. The first-order chi connectivity index (χ1) is 12.1. The van der Waals surface area contributed by atoms with E-state index in [0.29, 0.717) is 17.2 Å². The first-order valence-electron chi connectivity index (χ1n) is 8.39. The fraction of sp³-hybridized carbons (Fsp3) is 0.400. The molecular formula is C20H25NO4. The van der Waals surface area contributed by atoms with Crippen LogP contribution >= 0.6 is 0 Å². The van der Waals surface area contributed by atoms with Gasteiger partial charge in [0.1, 0.15) is 0 Å². The summed E-state index contributed by atoms with van der Waals surface area (Å²) < 4.78 is 16.0. The predicted molar refractivity (Wildman–Crippen MR) is 97.0 cm³/mol. The van der Waals surface area contributed by atoms with Crippen molar-refractivity contribution in [1.29, 1.82) is 0 Å². The Bertz CT molecular complexity index is 760. The first-order valence-corrected chi connectivity index (χ1v) is 8.39. The molecule has 1 N–H and O–H groups in total. The van der Waals surface area contributed by atoms with Crippen molar-refractivity contribution >= 4 is 0 Å². The number of ether oxygens (including phenoxy) is 3. The van der Waals surface area contributed by atoms with Gasteiger partial charge < -0.3 is 19.3 Å². The lowest BCUT2D eigenvalue weighted by Gasteiger charge is -2.35. The van der Waals surface area contributed by atoms with Gasteiger partial charge in [0.2, 0.25) is 0 Å². The summed E-state index contributed by atoms with van der Waals surface area (Å²) in [6.45, 7) is 0.955. The summed E-state index contributed by atoms with van der Waals surface area (Å²) in [6.07, 6.45) is 1.69. The molecule has 25 heavy (non-hydrogen) atoms. The van der Waals surface area contributed by atoms with E-state index in [1.54, 1.807) is 21.3 Å². The average molecular weight is 343 g/mol. The van der Waals surface area contributed by atoms with Crippen molar-refractivity contribution in [3.8, 4) is 23.0 Å². The third kappa shape index (κ3) is 3.24.